The maximum Gasteiger partial charge on any atom is 0.264 e. The third-order valence-corrected chi connectivity index (χ3v) is 3.80. The Labute approximate surface area is 119 Å². The molecule has 110 valence electrons. The average molecular weight is 278 g/mol. The molecule has 20 heavy (non-hydrogen) atoms. The number of aryl methyl sites for hydroxylation is 1. The highest BCUT2D eigenvalue weighted by Crippen LogP contribution is 2.13. The smallest absolute Gasteiger partial charge is 0.264 e. The molecule has 0 fully saturated rings. The lowest BCUT2D eigenvalue weighted by Gasteiger charge is -2.10. The van der Waals surface area contributed by atoms with Crippen molar-refractivity contribution in [2.75, 3.05) is 6.54 Å². The highest BCUT2D eigenvalue weighted by atomic mass is 16.6. The zero-order valence-corrected chi connectivity index (χ0v) is 12.6. The summed E-state index contributed by atoms with van der Waals surface area (Å²) in [5.41, 5.74) is 4.33. The number of hydrogen-bond donors (Lipinski definition) is 1. The van der Waals surface area contributed by atoms with Gasteiger partial charge >= 0.3 is 0 Å². The Balaban J connectivity index is 1.79. The Bertz CT molecular complexity index is 534. The first-order chi connectivity index (χ1) is 9.52. The summed E-state index contributed by atoms with van der Waals surface area (Å²) in [6.07, 6.45) is 0.961. The van der Waals surface area contributed by atoms with E-state index in [1.807, 2.05) is 25.5 Å². The number of rotatable bonds is 5. The Morgan fingerprint density at radius 3 is 2.75 bits per heavy atom. The van der Waals surface area contributed by atoms with Crippen LogP contribution in [0.15, 0.2) is 5.16 Å². The zero-order valence-electron chi connectivity index (χ0n) is 12.6. The van der Waals surface area contributed by atoms with Crippen molar-refractivity contribution in [1.29, 1.82) is 0 Å². The van der Waals surface area contributed by atoms with Gasteiger partial charge in [0.25, 0.3) is 5.91 Å². The van der Waals surface area contributed by atoms with E-state index in [1.165, 1.54) is 5.56 Å². The molecule has 6 heteroatoms. The Kier molecular flexibility index (Phi) is 4.42. The maximum atomic E-state index is 11.9. The monoisotopic (exact) mass is 278 g/mol. The van der Waals surface area contributed by atoms with E-state index in [0.29, 0.717) is 19.5 Å². The number of amides is 1. The molecule has 0 saturated heterocycles. The number of aromatic nitrogens is 2. The van der Waals surface area contributed by atoms with Crippen molar-refractivity contribution in [2.45, 2.75) is 53.2 Å². The van der Waals surface area contributed by atoms with Gasteiger partial charge in [-0.2, -0.15) is 5.10 Å². The first kappa shape index (κ1) is 14.6. The third-order valence-electron chi connectivity index (χ3n) is 3.80. The van der Waals surface area contributed by atoms with E-state index < -0.39 is 6.10 Å². The van der Waals surface area contributed by atoms with Crippen LogP contribution in [0.1, 0.15) is 36.7 Å². The van der Waals surface area contributed by atoms with Gasteiger partial charge in [0.15, 0.2) is 0 Å². The van der Waals surface area contributed by atoms with Crippen molar-refractivity contribution in [3.8, 4) is 0 Å². The van der Waals surface area contributed by atoms with Crippen LogP contribution in [0, 0.1) is 20.8 Å². The van der Waals surface area contributed by atoms with Crippen LogP contribution in [-0.2, 0) is 16.2 Å². The molecule has 1 N–H and O–H groups in total. The minimum Gasteiger partial charge on any atom is -0.382 e. The lowest BCUT2D eigenvalue weighted by atomic mass is 10.1. The summed E-state index contributed by atoms with van der Waals surface area (Å²) < 4.78 is 1.93. The van der Waals surface area contributed by atoms with Crippen LogP contribution in [0.4, 0.5) is 0 Å². The molecule has 2 rings (SSSR count). The van der Waals surface area contributed by atoms with Crippen LogP contribution >= 0.6 is 0 Å². The van der Waals surface area contributed by atoms with Crippen molar-refractivity contribution >= 4 is 11.6 Å². The van der Waals surface area contributed by atoms with E-state index >= 15 is 0 Å². The minimum atomic E-state index is -0.466. The highest BCUT2D eigenvalue weighted by Gasteiger charge is 2.26. The Morgan fingerprint density at radius 2 is 2.20 bits per heavy atom. The van der Waals surface area contributed by atoms with Crippen molar-refractivity contribution in [1.82, 2.24) is 15.1 Å². The van der Waals surface area contributed by atoms with E-state index in [2.05, 4.69) is 22.5 Å². The van der Waals surface area contributed by atoms with Crippen molar-refractivity contribution < 1.29 is 9.63 Å². The van der Waals surface area contributed by atoms with Gasteiger partial charge in [-0.15, -0.1) is 0 Å². The number of oxime groups is 1. The zero-order chi connectivity index (χ0) is 14.7. The van der Waals surface area contributed by atoms with E-state index in [0.717, 1.165) is 23.5 Å². The molecule has 0 aromatic carbocycles. The predicted octanol–water partition coefficient (Wildman–Crippen LogP) is 1.48. The number of nitrogens with zero attached hydrogens (tertiary/aromatic N) is 3. The van der Waals surface area contributed by atoms with Gasteiger partial charge in [0.2, 0.25) is 6.10 Å². The molecule has 6 nitrogen and oxygen atoms in total. The van der Waals surface area contributed by atoms with E-state index in [9.17, 15) is 4.79 Å². The third kappa shape index (κ3) is 3.00. The fourth-order valence-corrected chi connectivity index (χ4v) is 2.18. The van der Waals surface area contributed by atoms with Gasteiger partial charge in [0, 0.05) is 18.7 Å². The van der Waals surface area contributed by atoms with Gasteiger partial charge in [-0.1, -0.05) is 12.1 Å². The van der Waals surface area contributed by atoms with Gasteiger partial charge in [0.05, 0.1) is 18.0 Å². The minimum absolute atomic E-state index is 0.101. The normalized spacial score (nSPS) is 17.8. The SMILES string of the molecule is CCC1=NOC(C(=O)NCCn2nc(C)c(C)c2C)C1. The van der Waals surface area contributed by atoms with Crippen LogP contribution in [0.3, 0.4) is 0 Å². The van der Waals surface area contributed by atoms with Crippen LogP contribution < -0.4 is 5.32 Å². The van der Waals surface area contributed by atoms with Gasteiger partial charge in [0.1, 0.15) is 0 Å². The fraction of sp³-hybridized carbons (Fsp3) is 0.643. The van der Waals surface area contributed by atoms with E-state index in [1.54, 1.807) is 0 Å². The summed E-state index contributed by atoms with van der Waals surface area (Å²) in [6, 6.07) is 0. The molecule has 1 aliphatic rings. The topological polar surface area (TPSA) is 68.5 Å². The molecule has 1 amide bonds. The molecule has 0 aliphatic carbocycles. The van der Waals surface area contributed by atoms with Gasteiger partial charge in [-0.05, 0) is 32.8 Å². The van der Waals surface area contributed by atoms with Crippen molar-refractivity contribution in [2.24, 2.45) is 5.16 Å². The van der Waals surface area contributed by atoms with Crippen LogP contribution in [0.25, 0.3) is 0 Å². The lowest BCUT2D eigenvalue weighted by molar-refractivity contribution is -0.131. The van der Waals surface area contributed by atoms with Crippen LogP contribution in [0.2, 0.25) is 0 Å². The van der Waals surface area contributed by atoms with Crippen LogP contribution in [0.5, 0.6) is 0 Å². The molecule has 0 spiro atoms. The van der Waals surface area contributed by atoms with Crippen LogP contribution in [-0.4, -0.2) is 34.0 Å². The average Bonchev–Trinajstić information content (AvgIpc) is 3.00. The molecule has 1 aromatic heterocycles. The molecule has 0 bridgehead atoms. The Morgan fingerprint density at radius 1 is 1.45 bits per heavy atom. The molecule has 0 saturated carbocycles. The Hall–Kier alpha value is -1.85. The van der Waals surface area contributed by atoms with Gasteiger partial charge in [-0.3, -0.25) is 9.48 Å². The van der Waals surface area contributed by atoms with Crippen molar-refractivity contribution in [3.05, 3.63) is 17.0 Å². The largest absolute Gasteiger partial charge is 0.382 e. The predicted molar refractivity (Wildman–Crippen MR) is 76.7 cm³/mol. The summed E-state index contributed by atoms with van der Waals surface area (Å²) in [7, 11) is 0. The summed E-state index contributed by atoms with van der Waals surface area (Å²) in [6.45, 7) is 9.31. The highest BCUT2D eigenvalue weighted by molar-refractivity contribution is 5.92. The van der Waals surface area contributed by atoms with Crippen molar-refractivity contribution in [3.63, 3.8) is 0 Å². The molecule has 1 atom stereocenters. The van der Waals surface area contributed by atoms with Gasteiger partial charge in [-0.25, -0.2) is 0 Å². The second-order valence-electron chi connectivity index (χ2n) is 5.12. The summed E-state index contributed by atoms with van der Waals surface area (Å²) in [4.78, 5) is 17.0. The quantitative estimate of drug-likeness (QED) is 0.887. The molecular weight excluding hydrogens is 256 g/mol. The number of nitrogens with one attached hydrogen (secondary N) is 1. The molecule has 0 radical (unpaired) electrons. The van der Waals surface area contributed by atoms with Gasteiger partial charge < -0.3 is 10.2 Å². The standard InChI is InChI=1S/C14H22N4O2/c1-5-12-8-13(20-17-12)14(19)15-6-7-18-11(4)9(2)10(3)16-18/h13H,5-8H2,1-4H3,(H,15,19). The second kappa shape index (κ2) is 6.07. The molecule has 1 unspecified atom stereocenters. The number of carbonyl (C=O) groups excluding carboxylic acids is 1. The van der Waals surface area contributed by atoms with E-state index in [4.69, 9.17) is 4.84 Å². The molecule has 1 aromatic rings. The number of carbonyl (C=O) groups is 1. The molecule has 2 heterocycles. The summed E-state index contributed by atoms with van der Waals surface area (Å²) >= 11 is 0. The second-order valence-corrected chi connectivity index (χ2v) is 5.12. The molecular formula is C14H22N4O2. The maximum absolute atomic E-state index is 11.9. The lowest BCUT2D eigenvalue weighted by Crippen LogP contribution is -2.36. The van der Waals surface area contributed by atoms with E-state index in [-0.39, 0.29) is 5.91 Å². The summed E-state index contributed by atoms with van der Waals surface area (Å²) in [5.74, 6) is -0.101. The fourth-order valence-electron chi connectivity index (χ4n) is 2.18. The molecule has 1 aliphatic heterocycles. The first-order valence-corrected chi connectivity index (χ1v) is 7.02. The summed E-state index contributed by atoms with van der Waals surface area (Å²) in [5, 5.41) is 11.2. The number of hydrogen-bond acceptors (Lipinski definition) is 4. The first-order valence-electron chi connectivity index (χ1n) is 7.02.